The van der Waals surface area contributed by atoms with Crippen LogP contribution in [0.25, 0.3) is 11.3 Å². The number of rotatable bonds is 5. The molecule has 0 saturated carbocycles. The van der Waals surface area contributed by atoms with Gasteiger partial charge >= 0.3 is 0 Å². The maximum absolute atomic E-state index is 12.7. The number of piperidine rings is 1. The number of carbonyl (C=O) groups is 1. The molecule has 144 valence electrons. The van der Waals surface area contributed by atoms with Crippen LogP contribution in [0.15, 0.2) is 65.4 Å². The molecule has 1 aliphatic rings. The van der Waals surface area contributed by atoms with Crippen molar-refractivity contribution in [2.24, 2.45) is 0 Å². The number of nitrogens with one attached hydrogen (secondary N) is 1. The molecular weight excluding hydrogens is 356 g/mol. The van der Waals surface area contributed by atoms with E-state index in [0.29, 0.717) is 30.8 Å². The Kier molecular flexibility index (Phi) is 5.45. The van der Waals surface area contributed by atoms with E-state index in [-0.39, 0.29) is 11.9 Å². The quantitative estimate of drug-likeness (QED) is 0.707. The molecule has 0 spiro atoms. The lowest BCUT2D eigenvalue weighted by Crippen LogP contribution is -2.53. The number of likely N-dealkylation sites (tertiary alicyclic amines) is 1. The maximum Gasteiger partial charge on any atom is 0.257 e. The van der Waals surface area contributed by atoms with Gasteiger partial charge in [-0.1, -0.05) is 41.6 Å². The summed E-state index contributed by atoms with van der Waals surface area (Å²) >= 11 is 0. The zero-order chi connectivity index (χ0) is 19.3. The first-order chi connectivity index (χ1) is 13.7. The molecule has 1 saturated heterocycles. The Hall–Kier alpha value is -3.03. The van der Waals surface area contributed by atoms with E-state index < -0.39 is 6.10 Å². The number of amides is 1. The third-order valence-corrected chi connectivity index (χ3v) is 4.95. The number of hydrogen-bond donors (Lipinski definition) is 2. The second-order valence-corrected chi connectivity index (χ2v) is 6.93. The van der Waals surface area contributed by atoms with Gasteiger partial charge in [0.05, 0.1) is 24.0 Å². The smallest absolute Gasteiger partial charge is 0.257 e. The molecule has 1 aromatic carbocycles. The maximum atomic E-state index is 12.7. The summed E-state index contributed by atoms with van der Waals surface area (Å²) in [7, 11) is 0. The molecule has 3 aromatic rings. The Labute approximate surface area is 163 Å². The lowest BCUT2D eigenvalue weighted by molar-refractivity contribution is 0.0345. The summed E-state index contributed by atoms with van der Waals surface area (Å²) < 4.78 is 5.28. The van der Waals surface area contributed by atoms with Gasteiger partial charge in [0, 0.05) is 31.4 Å². The number of β-amino-alcohol motifs (C(OH)–C–C–N with tert-alkyl or cyclic N) is 1. The van der Waals surface area contributed by atoms with Crippen LogP contribution in [0.5, 0.6) is 0 Å². The first-order valence-electron chi connectivity index (χ1n) is 9.32. The molecule has 0 aliphatic carbocycles. The molecular formula is C21H22N4O3. The predicted molar refractivity (Wildman–Crippen MR) is 103 cm³/mol. The number of nitrogens with zero attached hydrogens (tertiary/aromatic N) is 3. The second-order valence-electron chi connectivity index (χ2n) is 6.93. The van der Waals surface area contributed by atoms with E-state index in [1.165, 1.54) is 6.20 Å². The van der Waals surface area contributed by atoms with Crippen molar-refractivity contribution in [3.05, 3.63) is 72.2 Å². The normalized spacial score (nSPS) is 20.0. The summed E-state index contributed by atoms with van der Waals surface area (Å²) in [6.07, 6.45) is 3.19. The van der Waals surface area contributed by atoms with Crippen LogP contribution in [-0.2, 0) is 6.54 Å². The third kappa shape index (κ3) is 4.11. The average Bonchev–Trinajstić information content (AvgIpc) is 3.21. The zero-order valence-electron chi connectivity index (χ0n) is 15.4. The highest BCUT2D eigenvalue weighted by atomic mass is 16.5. The number of pyridine rings is 1. The fourth-order valence-corrected chi connectivity index (χ4v) is 3.48. The Balaban J connectivity index is 1.38. The predicted octanol–water partition coefficient (Wildman–Crippen LogP) is 2.10. The molecule has 2 aromatic heterocycles. The number of aliphatic hydroxyl groups is 1. The first-order valence-corrected chi connectivity index (χ1v) is 9.32. The Morgan fingerprint density at radius 3 is 2.79 bits per heavy atom. The van der Waals surface area contributed by atoms with E-state index in [2.05, 4.69) is 20.4 Å². The lowest BCUT2D eigenvalue weighted by Gasteiger charge is -2.36. The van der Waals surface area contributed by atoms with E-state index >= 15 is 0 Å². The number of hydrogen-bond acceptors (Lipinski definition) is 6. The number of aromatic nitrogens is 2. The molecule has 2 atom stereocenters. The van der Waals surface area contributed by atoms with Crippen LogP contribution in [0, 0.1) is 0 Å². The van der Waals surface area contributed by atoms with E-state index in [9.17, 15) is 9.90 Å². The van der Waals surface area contributed by atoms with Crippen LogP contribution < -0.4 is 5.32 Å². The van der Waals surface area contributed by atoms with Crippen LogP contribution in [0.2, 0.25) is 0 Å². The van der Waals surface area contributed by atoms with Gasteiger partial charge in [-0.05, 0) is 18.6 Å². The monoisotopic (exact) mass is 378 g/mol. The summed E-state index contributed by atoms with van der Waals surface area (Å²) in [5, 5.41) is 17.2. The second kappa shape index (κ2) is 8.33. The highest BCUT2D eigenvalue weighted by Crippen LogP contribution is 2.23. The van der Waals surface area contributed by atoms with Crippen LogP contribution in [0.4, 0.5) is 0 Å². The lowest BCUT2D eigenvalue weighted by atomic mass is 10.0. The summed E-state index contributed by atoms with van der Waals surface area (Å²) in [5.41, 5.74) is 2.12. The molecule has 4 rings (SSSR count). The summed E-state index contributed by atoms with van der Waals surface area (Å²) in [6, 6.07) is 14.9. The van der Waals surface area contributed by atoms with Crippen LogP contribution in [0.3, 0.4) is 0 Å². The molecule has 7 heteroatoms. The van der Waals surface area contributed by atoms with Crippen molar-refractivity contribution in [2.75, 3.05) is 13.1 Å². The van der Waals surface area contributed by atoms with Gasteiger partial charge < -0.3 is 14.9 Å². The highest BCUT2D eigenvalue weighted by Gasteiger charge is 2.30. The van der Waals surface area contributed by atoms with Crippen molar-refractivity contribution in [2.45, 2.75) is 25.1 Å². The van der Waals surface area contributed by atoms with Crippen molar-refractivity contribution in [1.82, 2.24) is 20.4 Å². The van der Waals surface area contributed by atoms with Gasteiger partial charge in [0.2, 0.25) is 0 Å². The third-order valence-electron chi connectivity index (χ3n) is 4.95. The fourth-order valence-electron chi connectivity index (χ4n) is 3.48. The summed E-state index contributed by atoms with van der Waals surface area (Å²) in [6.45, 7) is 1.94. The van der Waals surface area contributed by atoms with E-state index in [1.807, 2.05) is 48.5 Å². The van der Waals surface area contributed by atoms with Crippen molar-refractivity contribution >= 4 is 5.91 Å². The molecule has 1 fully saturated rings. The van der Waals surface area contributed by atoms with Gasteiger partial charge in [-0.15, -0.1) is 0 Å². The minimum atomic E-state index is -0.651. The standard InChI is InChI=1S/C21H22N4O3/c26-19-14-25(13-16-8-4-5-10-22-16)11-9-18(19)24-21(27)17-12-23-28-20(17)15-6-2-1-3-7-15/h1-8,10,12,18-19,26H,9,11,13-14H2,(H,24,27)/t18-,19-/m1/s1. The summed E-state index contributed by atoms with van der Waals surface area (Å²) in [4.78, 5) is 19.2. The molecule has 0 radical (unpaired) electrons. The van der Waals surface area contributed by atoms with Gasteiger partial charge in [0.25, 0.3) is 5.91 Å². The Bertz CT molecular complexity index is 914. The number of benzene rings is 1. The molecule has 7 nitrogen and oxygen atoms in total. The largest absolute Gasteiger partial charge is 0.390 e. The topological polar surface area (TPSA) is 91.5 Å². The molecule has 1 aliphatic heterocycles. The minimum Gasteiger partial charge on any atom is -0.390 e. The first kappa shape index (κ1) is 18.3. The van der Waals surface area contributed by atoms with Gasteiger partial charge in [0.1, 0.15) is 5.56 Å². The van der Waals surface area contributed by atoms with Crippen LogP contribution in [-0.4, -0.2) is 51.3 Å². The van der Waals surface area contributed by atoms with Crippen molar-refractivity contribution in [3.8, 4) is 11.3 Å². The number of carbonyl (C=O) groups excluding carboxylic acids is 1. The van der Waals surface area contributed by atoms with E-state index in [4.69, 9.17) is 4.52 Å². The van der Waals surface area contributed by atoms with Gasteiger partial charge in [-0.3, -0.25) is 14.7 Å². The van der Waals surface area contributed by atoms with Gasteiger partial charge in [0.15, 0.2) is 5.76 Å². The highest BCUT2D eigenvalue weighted by molar-refractivity contribution is 5.99. The Morgan fingerprint density at radius 1 is 1.21 bits per heavy atom. The minimum absolute atomic E-state index is 0.290. The van der Waals surface area contributed by atoms with E-state index in [1.54, 1.807) is 6.20 Å². The fraction of sp³-hybridized carbons (Fsp3) is 0.286. The van der Waals surface area contributed by atoms with E-state index in [0.717, 1.165) is 17.8 Å². The zero-order valence-corrected chi connectivity index (χ0v) is 15.4. The number of aliphatic hydroxyl groups excluding tert-OH is 1. The molecule has 0 bridgehead atoms. The van der Waals surface area contributed by atoms with Gasteiger partial charge in [-0.2, -0.15) is 0 Å². The molecule has 1 amide bonds. The molecule has 3 heterocycles. The Morgan fingerprint density at radius 2 is 2.04 bits per heavy atom. The average molecular weight is 378 g/mol. The van der Waals surface area contributed by atoms with Crippen molar-refractivity contribution in [1.29, 1.82) is 0 Å². The molecule has 28 heavy (non-hydrogen) atoms. The van der Waals surface area contributed by atoms with Gasteiger partial charge in [-0.25, -0.2) is 0 Å². The van der Waals surface area contributed by atoms with Crippen molar-refractivity contribution in [3.63, 3.8) is 0 Å². The van der Waals surface area contributed by atoms with Crippen LogP contribution in [0.1, 0.15) is 22.5 Å². The molecule has 2 N–H and O–H groups in total. The van der Waals surface area contributed by atoms with Crippen molar-refractivity contribution < 1.29 is 14.4 Å². The summed E-state index contributed by atoms with van der Waals surface area (Å²) in [5.74, 6) is 0.141. The SMILES string of the molecule is O=C(N[C@@H]1CCN(Cc2ccccn2)C[C@H]1O)c1cnoc1-c1ccccc1. The van der Waals surface area contributed by atoms with Crippen LogP contribution >= 0.6 is 0 Å². The molecule has 0 unspecified atom stereocenters.